The molecule has 0 aliphatic heterocycles. The van der Waals surface area contributed by atoms with Gasteiger partial charge in [0.1, 0.15) is 0 Å². The smallest absolute Gasteiger partial charge is 0.335 e. The molecule has 4 rings (SSSR count). The number of aryl methyl sites for hydroxylation is 1. The van der Waals surface area contributed by atoms with Gasteiger partial charge in [0.2, 0.25) is 0 Å². The van der Waals surface area contributed by atoms with E-state index < -0.39 is 5.97 Å². The Kier molecular flexibility index (Phi) is 5.59. The van der Waals surface area contributed by atoms with Crippen LogP contribution in [0, 0.1) is 6.92 Å². The molecule has 0 saturated heterocycles. The fraction of sp³-hybridized carbons (Fsp3) is 0.125. The molecule has 0 aliphatic rings. The summed E-state index contributed by atoms with van der Waals surface area (Å²) in [7, 11) is 0. The second-order valence-electron chi connectivity index (χ2n) is 7.06. The van der Waals surface area contributed by atoms with Crippen LogP contribution >= 0.6 is 11.3 Å². The van der Waals surface area contributed by atoms with Crippen LogP contribution in [0.25, 0.3) is 10.2 Å². The van der Waals surface area contributed by atoms with Gasteiger partial charge in [-0.25, -0.2) is 9.78 Å². The zero-order chi connectivity index (χ0) is 21.1. The van der Waals surface area contributed by atoms with Crippen molar-refractivity contribution >= 4 is 33.4 Å². The Balaban J connectivity index is 1.64. The van der Waals surface area contributed by atoms with Crippen molar-refractivity contribution in [2.24, 2.45) is 0 Å². The van der Waals surface area contributed by atoms with Gasteiger partial charge in [0, 0.05) is 18.7 Å². The average Bonchev–Trinajstić information content (AvgIpc) is 3.13. The maximum Gasteiger partial charge on any atom is 0.335 e. The van der Waals surface area contributed by atoms with E-state index in [0.29, 0.717) is 18.7 Å². The summed E-state index contributed by atoms with van der Waals surface area (Å²) in [5.74, 6) is -1.06. The number of carbonyl (C=O) groups excluding carboxylic acids is 1. The highest BCUT2D eigenvalue weighted by Crippen LogP contribution is 2.24. The van der Waals surface area contributed by atoms with Crippen molar-refractivity contribution in [3.63, 3.8) is 0 Å². The van der Waals surface area contributed by atoms with E-state index >= 15 is 0 Å². The molecule has 4 aromatic rings. The quantitative estimate of drug-likeness (QED) is 0.472. The number of hydrogen-bond donors (Lipinski definition) is 1. The topological polar surface area (TPSA) is 70.5 Å². The Bertz CT molecular complexity index is 1200. The predicted octanol–water partition coefficient (Wildman–Crippen LogP) is 5.15. The van der Waals surface area contributed by atoms with Gasteiger partial charge in [0.15, 0.2) is 0 Å². The molecule has 6 heteroatoms. The summed E-state index contributed by atoms with van der Waals surface area (Å²) in [6.07, 6.45) is 0. The molecule has 30 heavy (non-hydrogen) atoms. The van der Waals surface area contributed by atoms with E-state index in [1.807, 2.05) is 55.5 Å². The largest absolute Gasteiger partial charge is 0.478 e. The number of carboxylic acid groups (broad SMARTS) is 1. The van der Waals surface area contributed by atoms with E-state index in [1.165, 1.54) is 0 Å². The highest BCUT2D eigenvalue weighted by Gasteiger charge is 2.18. The number of carboxylic acids is 1. The number of amides is 1. The molecule has 0 aliphatic carbocycles. The van der Waals surface area contributed by atoms with Gasteiger partial charge in [-0.05, 0) is 48.4 Å². The number of fused-ring (bicyclic) bond motifs is 1. The fourth-order valence-corrected chi connectivity index (χ4v) is 4.14. The molecule has 0 atom stereocenters. The normalized spacial score (nSPS) is 10.8. The van der Waals surface area contributed by atoms with E-state index in [0.717, 1.165) is 26.4 Å². The Morgan fingerprint density at radius 1 is 0.900 bits per heavy atom. The van der Waals surface area contributed by atoms with Crippen LogP contribution in [-0.2, 0) is 13.1 Å². The Labute approximate surface area is 178 Å². The van der Waals surface area contributed by atoms with Crippen molar-refractivity contribution in [3.8, 4) is 0 Å². The van der Waals surface area contributed by atoms with Crippen molar-refractivity contribution in [2.45, 2.75) is 20.0 Å². The average molecular weight is 417 g/mol. The van der Waals surface area contributed by atoms with Gasteiger partial charge in [0.05, 0.1) is 20.8 Å². The first-order chi connectivity index (χ1) is 14.5. The zero-order valence-electron chi connectivity index (χ0n) is 16.4. The summed E-state index contributed by atoms with van der Waals surface area (Å²) >= 11 is 1.61. The van der Waals surface area contributed by atoms with Crippen molar-refractivity contribution in [2.75, 3.05) is 0 Å². The van der Waals surface area contributed by atoms with Crippen LogP contribution in [0.3, 0.4) is 0 Å². The van der Waals surface area contributed by atoms with Crippen LogP contribution in [0.2, 0.25) is 0 Å². The highest BCUT2D eigenvalue weighted by molar-refractivity contribution is 7.18. The Morgan fingerprint density at radius 2 is 1.53 bits per heavy atom. The number of rotatable bonds is 6. The maximum absolute atomic E-state index is 13.4. The SMILES string of the molecule is Cc1nc2cc(C(=O)N(Cc3ccccc3)Cc3ccc(C(=O)O)cc3)ccc2s1. The van der Waals surface area contributed by atoms with Crippen molar-refractivity contribution in [1.29, 1.82) is 0 Å². The molecule has 5 nitrogen and oxygen atoms in total. The lowest BCUT2D eigenvalue weighted by Crippen LogP contribution is -2.30. The minimum absolute atomic E-state index is 0.0892. The number of thiazole rings is 1. The van der Waals surface area contributed by atoms with Gasteiger partial charge in [0.25, 0.3) is 5.91 Å². The molecule has 1 heterocycles. The predicted molar refractivity (Wildman–Crippen MR) is 118 cm³/mol. The third-order valence-corrected chi connectivity index (χ3v) is 5.77. The third kappa shape index (κ3) is 4.39. The third-order valence-electron chi connectivity index (χ3n) is 4.82. The minimum Gasteiger partial charge on any atom is -0.478 e. The molecular formula is C24H20N2O3S. The molecule has 0 bridgehead atoms. The lowest BCUT2D eigenvalue weighted by atomic mass is 10.1. The molecule has 0 radical (unpaired) electrons. The summed E-state index contributed by atoms with van der Waals surface area (Å²) < 4.78 is 1.06. The van der Waals surface area contributed by atoms with Crippen LogP contribution in [-0.4, -0.2) is 26.9 Å². The summed E-state index contributed by atoms with van der Waals surface area (Å²) in [4.78, 5) is 30.8. The molecule has 3 aromatic carbocycles. The molecule has 1 amide bonds. The standard InChI is InChI=1S/C24H20N2O3S/c1-16-25-21-13-20(11-12-22(21)30-16)23(27)26(14-17-5-3-2-4-6-17)15-18-7-9-19(10-8-18)24(28)29/h2-13H,14-15H2,1H3,(H,28,29). The molecule has 0 unspecified atom stereocenters. The van der Waals surface area contributed by atoms with E-state index in [-0.39, 0.29) is 11.5 Å². The molecule has 0 saturated carbocycles. The van der Waals surface area contributed by atoms with Crippen LogP contribution < -0.4 is 0 Å². The number of carbonyl (C=O) groups is 2. The van der Waals surface area contributed by atoms with Gasteiger partial charge >= 0.3 is 5.97 Å². The number of aromatic carboxylic acids is 1. The first kappa shape index (κ1) is 19.8. The summed E-state index contributed by atoms with van der Waals surface area (Å²) in [5.41, 5.74) is 3.54. The molecule has 1 N–H and O–H groups in total. The molecule has 150 valence electrons. The Hall–Kier alpha value is -3.51. The lowest BCUT2D eigenvalue weighted by Gasteiger charge is -2.23. The maximum atomic E-state index is 13.4. The number of hydrogen-bond acceptors (Lipinski definition) is 4. The van der Waals surface area contributed by atoms with Crippen LogP contribution in [0.1, 0.15) is 36.9 Å². The number of nitrogens with zero attached hydrogens (tertiary/aromatic N) is 2. The van der Waals surface area contributed by atoms with Crippen molar-refractivity contribution in [3.05, 3.63) is 100 Å². The second kappa shape index (κ2) is 8.47. The fourth-order valence-electron chi connectivity index (χ4n) is 3.33. The van der Waals surface area contributed by atoms with E-state index in [2.05, 4.69) is 4.98 Å². The summed E-state index contributed by atoms with van der Waals surface area (Å²) in [6, 6.07) is 22.1. The second-order valence-corrected chi connectivity index (χ2v) is 8.30. The van der Waals surface area contributed by atoms with Crippen LogP contribution in [0.15, 0.2) is 72.8 Å². The molecular weight excluding hydrogens is 396 g/mol. The van der Waals surface area contributed by atoms with Gasteiger partial charge < -0.3 is 10.0 Å². The first-order valence-electron chi connectivity index (χ1n) is 9.52. The number of aromatic nitrogens is 1. The summed E-state index contributed by atoms with van der Waals surface area (Å²) in [5, 5.41) is 10.1. The van der Waals surface area contributed by atoms with Crippen LogP contribution in [0.5, 0.6) is 0 Å². The van der Waals surface area contributed by atoms with Gasteiger partial charge in [-0.2, -0.15) is 0 Å². The van der Waals surface area contributed by atoms with E-state index in [4.69, 9.17) is 5.11 Å². The van der Waals surface area contributed by atoms with Crippen LogP contribution in [0.4, 0.5) is 0 Å². The minimum atomic E-state index is -0.967. The van der Waals surface area contributed by atoms with Gasteiger partial charge in [-0.3, -0.25) is 4.79 Å². The van der Waals surface area contributed by atoms with Gasteiger partial charge in [-0.15, -0.1) is 11.3 Å². The summed E-state index contributed by atoms with van der Waals surface area (Å²) in [6.45, 7) is 2.78. The molecule has 0 spiro atoms. The zero-order valence-corrected chi connectivity index (χ0v) is 17.2. The number of benzene rings is 3. The Morgan fingerprint density at radius 3 is 2.20 bits per heavy atom. The lowest BCUT2D eigenvalue weighted by molar-refractivity contribution is 0.0693. The van der Waals surface area contributed by atoms with E-state index in [9.17, 15) is 9.59 Å². The molecule has 0 fully saturated rings. The molecule has 1 aromatic heterocycles. The first-order valence-corrected chi connectivity index (χ1v) is 10.3. The van der Waals surface area contributed by atoms with Crippen molar-refractivity contribution in [1.82, 2.24) is 9.88 Å². The van der Waals surface area contributed by atoms with E-state index in [1.54, 1.807) is 40.5 Å². The monoisotopic (exact) mass is 416 g/mol. The van der Waals surface area contributed by atoms with Gasteiger partial charge in [-0.1, -0.05) is 42.5 Å². The van der Waals surface area contributed by atoms with Crippen molar-refractivity contribution < 1.29 is 14.7 Å². The highest BCUT2D eigenvalue weighted by atomic mass is 32.1.